The second kappa shape index (κ2) is 6.51. The average Bonchev–Trinajstić information content (AvgIpc) is 2.48. The van der Waals surface area contributed by atoms with Crippen LogP contribution in [-0.4, -0.2) is 14.2 Å². The van der Waals surface area contributed by atoms with E-state index in [0.29, 0.717) is 0 Å². The smallest absolute Gasteiger partial charge is 0.127 e. The van der Waals surface area contributed by atoms with E-state index in [1.807, 2.05) is 37.3 Å². The number of halogens is 2. The van der Waals surface area contributed by atoms with E-state index in [9.17, 15) is 0 Å². The lowest BCUT2D eigenvalue weighted by Crippen LogP contribution is -1.98. The molecule has 0 N–H and O–H groups in total. The van der Waals surface area contributed by atoms with E-state index < -0.39 is 0 Å². The number of benzene rings is 2. The van der Waals surface area contributed by atoms with Gasteiger partial charge in [-0.1, -0.05) is 45.7 Å². The van der Waals surface area contributed by atoms with Crippen LogP contribution < -0.4 is 9.47 Å². The third-order valence-electron chi connectivity index (χ3n) is 3.19. The van der Waals surface area contributed by atoms with Crippen LogP contribution in [0.5, 0.6) is 11.5 Å². The van der Waals surface area contributed by atoms with E-state index in [0.717, 1.165) is 33.2 Å². The van der Waals surface area contributed by atoms with Gasteiger partial charge in [-0.2, -0.15) is 0 Å². The summed E-state index contributed by atoms with van der Waals surface area (Å²) in [6.07, 6.45) is 0. The van der Waals surface area contributed by atoms with Crippen molar-refractivity contribution in [3.8, 4) is 11.5 Å². The molecular weight excluding hydrogens is 340 g/mol. The summed E-state index contributed by atoms with van der Waals surface area (Å²) < 4.78 is 10.7. The summed E-state index contributed by atoms with van der Waals surface area (Å²) in [4.78, 5) is 0.0410. The molecule has 106 valence electrons. The summed E-state index contributed by atoms with van der Waals surface area (Å²) in [5, 5.41) is 0.773. The van der Waals surface area contributed by atoms with E-state index in [2.05, 4.69) is 22.0 Å². The Morgan fingerprint density at radius 2 is 1.80 bits per heavy atom. The molecule has 0 spiro atoms. The zero-order valence-corrected chi connectivity index (χ0v) is 14.0. The molecule has 0 amide bonds. The van der Waals surface area contributed by atoms with Crippen molar-refractivity contribution in [1.29, 1.82) is 0 Å². The Morgan fingerprint density at radius 3 is 2.40 bits per heavy atom. The highest BCUT2D eigenvalue weighted by Crippen LogP contribution is 2.39. The van der Waals surface area contributed by atoms with Crippen molar-refractivity contribution in [2.45, 2.75) is 11.8 Å². The predicted octanol–water partition coefficient (Wildman–Crippen LogP) is 5.15. The van der Waals surface area contributed by atoms with Crippen LogP contribution in [0.1, 0.15) is 21.5 Å². The van der Waals surface area contributed by atoms with Crippen molar-refractivity contribution in [2.75, 3.05) is 14.2 Å². The number of hydrogen-bond acceptors (Lipinski definition) is 2. The molecule has 2 aromatic rings. The summed E-state index contributed by atoms with van der Waals surface area (Å²) >= 11 is 9.80. The Bertz CT molecular complexity index is 613. The number of hydrogen-bond donors (Lipinski definition) is 0. The zero-order chi connectivity index (χ0) is 14.7. The van der Waals surface area contributed by atoms with Crippen molar-refractivity contribution in [3.05, 3.63) is 58.1 Å². The first-order chi connectivity index (χ1) is 9.56. The van der Waals surface area contributed by atoms with Crippen molar-refractivity contribution >= 4 is 27.5 Å². The van der Waals surface area contributed by atoms with Gasteiger partial charge in [-0.05, 0) is 30.2 Å². The largest absolute Gasteiger partial charge is 0.497 e. The molecule has 0 bridgehead atoms. The van der Waals surface area contributed by atoms with Gasteiger partial charge in [0.15, 0.2) is 0 Å². The Labute approximate surface area is 132 Å². The highest BCUT2D eigenvalue weighted by atomic mass is 79.9. The molecule has 2 aromatic carbocycles. The van der Waals surface area contributed by atoms with E-state index in [1.165, 1.54) is 0 Å². The fraction of sp³-hybridized carbons (Fsp3) is 0.250. The summed E-state index contributed by atoms with van der Waals surface area (Å²) in [6, 6.07) is 11.8. The highest BCUT2D eigenvalue weighted by molar-refractivity contribution is 9.09. The molecule has 0 heterocycles. The fourth-order valence-corrected chi connectivity index (χ4v) is 2.81. The normalized spacial score (nSPS) is 12.1. The molecule has 0 saturated heterocycles. The highest BCUT2D eigenvalue weighted by Gasteiger charge is 2.16. The molecule has 0 saturated carbocycles. The van der Waals surface area contributed by atoms with E-state index in [-0.39, 0.29) is 4.83 Å². The van der Waals surface area contributed by atoms with E-state index in [1.54, 1.807) is 14.2 Å². The summed E-state index contributed by atoms with van der Waals surface area (Å²) in [5.74, 6) is 1.57. The third kappa shape index (κ3) is 3.10. The summed E-state index contributed by atoms with van der Waals surface area (Å²) in [5.41, 5.74) is 3.24. The average molecular weight is 356 g/mol. The van der Waals surface area contributed by atoms with Crippen LogP contribution in [0.15, 0.2) is 36.4 Å². The van der Waals surface area contributed by atoms with Gasteiger partial charge in [0.1, 0.15) is 11.5 Å². The second-order valence-corrected chi connectivity index (χ2v) is 5.80. The lowest BCUT2D eigenvalue weighted by molar-refractivity contribution is 0.391. The predicted molar refractivity (Wildman–Crippen MR) is 86.5 cm³/mol. The number of ether oxygens (including phenoxy) is 2. The molecular formula is C16H16BrClO2. The first-order valence-corrected chi connectivity index (χ1v) is 7.48. The number of methoxy groups -OCH3 is 2. The van der Waals surface area contributed by atoms with Crippen molar-refractivity contribution in [2.24, 2.45) is 0 Å². The Morgan fingerprint density at radius 1 is 1.05 bits per heavy atom. The molecule has 0 radical (unpaired) electrons. The molecule has 4 heteroatoms. The Kier molecular flexibility index (Phi) is 4.95. The van der Waals surface area contributed by atoms with E-state index >= 15 is 0 Å². The maximum absolute atomic E-state index is 6.07. The number of aryl methyl sites for hydroxylation is 1. The monoisotopic (exact) mass is 354 g/mol. The maximum atomic E-state index is 6.07. The number of rotatable bonds is 4. The van der Waals surface area contributed by atoms with Crippen molar-refractivity contribution < 1.29 is 9.47 Å². The van der Waals surface area contributed by atoms with Crippen LogP contribution in [0.3, 0.4) is 0 Å². The molecule has 20 heavy (non-hydrogen) atoms. The van der Waals surface area contributed by atoms with Gasteiger partial charge < -0.3 is 9.47 Å². The van der Waals surface area contributed by atoms with Gasteiger partial charge in [-0.15, -0.1) is 0 Å². The van der Waals surface area contributed by atoms with Gasteiger partial charge in [-0.3, -0.25) is 0 Å². The minimum atomic E-state index is 0.0410. The van der Waals surface area contributed by atoms with Gasteiger partial charge in [0.2, 0.25) is 0 Å². The van der Waals surface area contributed by atoms with Gasteiger partial charge in [-0.25, -0.2) is 0 Å². The maximum Gasteiger partial charge on any atom is 0.127 e. The molecule has 0 aliphatic carbocycles. The molecule has 0 aromatic heterocycles. The Hall–Kier alpha value is -1.19. The van der Waals surface area contributed by atoms with Crippen LogP contribution in [0.4, 0.5) is 0 Å². The zero-order valence-electron chi connectivity index (χ0n) is 11.6. The van der Waals surface area contributed by atoms with Crippen LogP contribution >= 0.6 is 27.5 Å². The lowest BCUT2D eigenvalue weighted by Gasteiger charge is -2.16. The minimum Gasteiger partial charge on any atom is -0.497 e. The topological polar surface area (TPSA) is 18.5 Å². The standard InChI is InChI=1S/C16H16BrClO2/c1-10-8-11(4-7-14(10)18)16(17)13-6-5-12(19-2)9-15(13)20-3/h4-9,16H,1-3H3. The molecule has 0 fully saturated rings. The van der Waals surface area contributed by atoms with Crippen LogP contribution in [0, 0.1) is 6.92 Å². The van der Waals surface area contributed by atoms with Gasteiger partial charge in [0.05, 0.1) is 19.0 Å². The Balaban J connectivity index is 2.41. The van der Waals surface area contributed by atoms with Gasteiger partial charge in [0, 0.05) is 16.7 Å². The second-order valence-electron chi connectivity index (χ2n) is 4.48. The van der Waals surface area contributed by atoms with Crippen LogP contribution in [0.25, 0.3) is 0 Å². The molecule has 1 atom stereocenters. The molecule has 0 aliphatic heterocycles. The number of alkyl halides is 1. The van der Waals surface area contributed by atoms with Crippen molar-refractivity contribution in [1.82, 2.24) is 0 Å². The fourth-order valence-electron chi connectivity index (χ4n) is 2.03. The first-order valence-electron chi connectivity index (χ1n) is 6.19. The SMILES string of the molecule is COc1ccc(C(Br)c2ccc(Cl)c(C)c2)c(OC)c1. The molecule has 1 unspecified atom stereocenters. The van der Waals surface area contributed by atoms with Crippen LogP contribution in [-0.2, 0) is 0 Å². The third-order valence-corrected chi connectivity index (χ3v) is 4.63. The molecule has 0 aliphatic rings. The lowest BCUT2D eigenvalue weighted by atomic mass is 10.0. The van der Waals surface area contributed by atoms with Gasteiger partial charge in [0.25, 0.3) is 0 Å². The first kappa shape index (κ1) is 15.2. The quantitative estimate of drug-likeness (QED) is 0.706. The van der Waals surface area contributed by atoms with Crippen LogP contribution in [0.2, 0.25) is 5.02 Å². The van der Waals surface area contributed by atoms with Gasteiger partial charge >= 0.3 is 0 Å². The summed E-state index contributed by atoms with van der Waals surface area (Å²) in [7, 11) is 3.30. The summed E-state index contributed by atoms with van der Waals surface area (Å²) in [6.45, 7) is 2.00. The van der Waals surface area contributed by atoms with E-state index in [4.69, 9.17) is 21.1 Å². The molecule has 2 nitrogen and oxygen atoms in total. The minimum absolute atomic E-state index is 0.0410. The molecule has 2 rings (SSSR count). The van der Waals surface area contributed by atoms with Crippen molar-refractivity contribution in [3.63, 3.8) is 0 Å².